The molecule has 0 atom stereocenters. The Morgan fingerprint density at radius 2 is 1.97 bits per heavy atom. The number of fused-ring (bicyclic) bond motifs is 1. The predicted octanol–water partition coefficient (Wildman–Crippen LogP) is 4.01. The Bertz CT molecular complexity index is 1050. The predicted molar refractivity (Wildman–Crippen MR) is 113 cm³/mol. The zero-order valence-electron chi connectivity index (χ0n) is 17.3. The van der Waals surface area contributed by atoms with Gasteiger partial charge in [0.1, 0.15) is 23.7 Å². The average molecular weight is 394 g/mol. The van der Waals surface area contributed by atoms with E-state index >= 15 is 0 Å². The molecule has 2 aromatic heterocycles. The highest BCUT2D eigenvalue weighted by atomic mass is 16.5. The lowest BCUT2D eigenvalue weighted by Crippen LogP contribution is -2.38. The Morgan fingerprint density at radius 3 is 2.69 bits per heavy atom. The van der Waals surface area contributed by atoms with E-state index in [2.05, 4.69) is 20.2 Å². The van der Waals surface area contributed by atoms with E-state index in [9.17, 15) is 4.79 Å². The number of hydrogen-bond acceptors (Lipinski definition) is 6. The molecule has 3 heterocycles. The molecule has 7 heteroatoms. The third-order valence-corrected chi connectivity index (χ3v) is 5.72. The summed E-state index contributed by atoms with van der Waals surface area (Å²) in [5.41, 5.74) is 3.50. The van der Waals surface area contributed by atoms with Gasteiger partial charge in [-0.15, -0.1) is 0 Å². The number of anilines is 2. The van der Waals surface area contributed by atoms with E-state index in [1.165, 1.54) is 0 Å². The molecule has 1 aliphatic rings. The molecule has 1 amide bonds. The molecule has 0 bridgehead atoms. The third kappa shape index (κ3) is 3.64. The lowest BCUT2D eigenvalue weighted by molar-refractivity contribution is -0.120. The van der Waals surface area contributed by atoms with Crippen LogP contribution in [0.1, 0.15) is 29.7 Å². The van der Waals surface area contributed by atoms with Gasteiger partial charge in [-0.3, -0.25) is 4.79 Å². The summed E-state index contributed by atoms with van der Waals surface area (Å²) in [4.78, 5) is 23.8. The van der Waals surface area contributed by atoms with Crippen molar-refractivity contribution < 1.29 is 13.9 Å². The summed E-state index contributed by atoms with van der Waals surface area (Å²) in [7, 11) is 1.61. The number of methoxy groups -OCH3 is 1. The topological polar surface area (TPSA) is 80.5 Å². The first-order chi connectivity index (χ1) is 14.0. The number of benzene rings is 1. The Kier molecular flexibility index (Phi) is 5.13. The number of furan rings is 1. The molecule has 1 saturated heterocycles. The first-order valence-corrected chi connectivity index (χ1v) is 9.89. The quantitative estimate of drug-likeness (QED) is 0.720. The second-order valence-corrected chi connectivity index (χ2v) is 7.61. The molecule has 0 saturated carbocycles. The molecule has 1 fully saturated rings. The molecule has 7 nitrogen and oxygen atoms in total. The van der Waals surface area contributed by atoms with Crippen molar-refractivity contribution in [2.75, 3.05) is 30.4 Å². The van der Waals surface area contributed by atoms with Crippen LogP contribution in [0.5, 0.6) is 5.75 Å². The zero-order chi connectivity index (χ0) is 20.5. The van der Waals surface area contributed by atoms with Gasteiger partial charge in [-0.2, -0.15) is 0 Å². The van der Waals surface area contributed by atoms with E-state index in [0.717, 1.165) is 59.7 Å². The van der Waals surface area contributed by atoms with Gasteiger partial charge in [0.25, 0.3) is 0 Å². The summed E-state index contributed by atoms with van der Waals surface area (Å²) >= 11 is 0. The van der Waals surface area contributed by atoms with Gasteiger partial charge in [-0.05, 0) is 51.3 Å². The highest BCUT2D eigenvalue weighted by molar-refractivity contribution is 5.94. The van der Waals surface area contributed by atoms with Crippen LogP contribution >= 0.6 is 0 Å². The summed E-state index contributed by atoms with van der Waals surface area (Å²) in [5.74, 6) is 2.43. The smallest absolute Gasteiger partial charge is 0.231 e. The lowest BCUT2D eigenvalue weighted by atomic mass is 9.95. The number of aryl methyl sites for hydroxylation is 3. The van der Waals surface area contributed by atoms with Crippen LogP contribution in [-0.4, -0.2) is 36.1 Å². The van der Waals surface area contributed by atoms with Crippen LogP contribution in [-0.2, 0) is 4.79 Å². The van der Waals surface area contributed by atoms with E-state index in [1.807, 2.05) is 39.0 Å². The summed E-state index contributed by atoms with van der Waals surface area (Å²) in [6.07, 6.45) is 3.07. The monoisotopic (exact) mass is 394 g/mol. The Morgan fingerprint density at radius 1 is 1.21 bits per heavy atom. The fraction of sp³-hybridized carbons (Fsp3) is 0.409. The normalized spacial score (nSPS) is 15.0. The average Bonchev–Trinajstić information content (AvgIpc) is 3.02. The van der Waals surface area contributed by atoms with Crippen LogP contribution in [0.15, 0.2) is 28.9 Å². The van der Waals surface area contributed by atoms with Gasteiger partial charge < -0.3 is 19.4 Å². The number of amides is 1. The Hall–Kier alpha value is -3.09. The Balaban J connectivity index is 1.46. The molecule has 29 heavy (non-hydrogen) atoms. The number of nitrogens with one attached hydrogen (secondary N) is 1. The highest BCUT2D eigenvalue weighted by Gasteiger charge is 2.28. The Labute approximate surface area is 170 Å². The van der Waals surface area contributed by atoms with Crippen LogP contribution in [0.4, 0.5) is 11.5 Å². The van der Waals surface area contributed by atoms with Crippen LogP contribution in [0.25, 0.3) is 11.1 Å². The van der Waals surface area contributed by atoms with Gasteiger partial charge >= 0.3 is 0 Å². The molecule has 1 aromatic carbocycles. The molecule has 4 rings (SSSR count). The van der Waals surface area contributed by atoms with Crippen LogP contribution in [0.2, 0.25) is 0 Å². The van der Waals surface area contributed by atoms with Crippen molar-refractivity contribution in [2.24, 2.45) is 5.92 Å². The maximum Gasteiger partial charge on any atom is 0.231 e. The second kappa shape index (κ2) is 7.73. The maximum atomic E-state index is 12.8. The van der Waals surface area contributed by atoms with Crippen molar-refractivity contribution in [1.29, 1.82) is 0 Å². The number of piperidine rings is 1. The summed E-state index contributed by atoms with van der Waals surface area (Å²) in [6.45, 7) is 7.49. The first kappa shape index (κ1) is 19.2. The van der Waals surface area contributed by atoms with Gasteiger partial charge in [0, 0.05) is 24.6 Å². The maximum absolute atomic E-state index is 12.8. The minimum atomic E-state index is -0.0408. The number of aromatic nitrogens is 2. The second-order valence-electron chi connectivity index (χ2n) is 7.61. The standard InChI is InChI=1S/C22H26N4O3/c1-13-5-6-18(28-4)17(11-13)25-21(27)16-7-9-26(10-8-16)20-19-14(2)15(3)29-22(19)24-12-23-20/h5-6,11-12,16H,7-10H2,1-4H3,(H,25,27). The number of rotatable bonds is 4. The number of carbonyl (C=O) groups is 1. The van der Waals surface area contributed by atoms with E-state index in [-0.39, 0.29) is 11.8 Å². The minimum absolute atomic E-state index is 0.0386. The summed E-state index contributed by atoms with van der Waals surface area (Å²) in [5, 5.41) is 4.02. The van der Waals surface area contributed by atoms with E-state index in [4.69, 9.17) is 9.15 Å². The van der Waals surface area contributed by atoms with Crippen LogP contribution in [0, 0.1) is 26.7 Å². The molecular weight excluding hydrogens is 368 g/mol. The minimum Gasteiger partial charge on any atom is -0.495 e. The molecule has 0 spiro atoms. The third-order valence-electron chi connectivity index (χ3n) is 5.72. The van der Waals surface area contributed by atoms with Crippen molar-refractivity contribution in [3.8, 4) is 5.75 Å². The van der Waals surface area contributed by atoms with Crippen molar-refractivity contribution in [1.82, 2.24) is 9.97 Å². The van der Waals surface area contributed by atoms with Crippen LogP contribution < -0.4 is 15.0 Å². The number of nitrogens with zero attached hydrogens (tertiary/aromatic N) is 3. The molecule has 3 aromatic rings. The van der Waals surface area contributed by atoms with Crippen molar-refractivity contribution in [3.63, 3.8) is 0 Å². The molecule has 152 valence electrons. The molecule has 1 N–H and O–H groups in total. The van der Waals surface area contributed by atoms with Gasteiger partial charge in [0.15, 0.2) is 0 Å². The molecular formula is C22H26N4O3. The highest BCUT2D eigenvalue weighted by Crippen LogP contribution is 2.33. The van der Waals surface area contributed by atoms with E-state index in [0.29, 0.717) is 11.5 Å². The fourth-order valence-corrected chi connectivity index (χ4v) is 3.91. The largest absolute Gasteiger partial charge is 0.495 e. The molecule has 0 aliphatic carbocycles. The number of hydrogen-bond donors (Lipinski definition) is 1. The van der Waals surface area contributed by atoms with E-state index in [1.54, 1.807) is 13.4 Å². The van der Waals surface area contributed by atoms with Crippen molar-refractivity contribution >= 4 is 28.5 Å². The summed E-state index contributed by atoms with van der Waals surface area (Å²) < 4.78 is 11.1. The van der Waals surface area contributed by atoms with Crippen molar-refractivity contribution in [2.45, 2.75) is 33.6 Å². The lowest BCUT2D eigenvalue weighted by Gasteiger charge is -2.32. The summed E-state index contributed by atoms with van der Waals surface area (Å²) in [6, 6.07) is 5.78. The molecule has 0 radical (unpaired) electrons. The van der Waals surface area contributed by atoms with Gasteiger partial charge in [0.2, 0.25) is 11.6 Å². The number of carbonyl (C=O) groups excluding carboxylic acids is 1. The fourth-order valence-electron chi connectivity index (χ4n) is 3.91. The van der Waals surface area contributed by atoms with Gasteiger partial charge in [0.05, 0.1) is 18.2 Å². The first-order valence-electron chi connectivity index (χ1n) is 9.89. The zero-order valence-corrected chi connectivity index (χ0v) is 17.3. The van der Waals surface area contributed by atoms with Gasteiger partial charge in [-0.1, -0.05) is 6.07 Å². The van der Waals surface area contributed by atoms with Crippen molar-refractivity contribution in [3.05, 3.63) is 41.4 Å². The molecule has 1 aliphatic heterocycles. The SMILES string of the molecule is COc1ccc(C)cc1NC(=O)C1CCN(c2ncnc3oc(C)c(C)c23)CC1. The molecule has 0 unspecified atom stereocenters. The number of ether oxygens (including phenoxy) is 1. The van der Waals surface area contributed by atoms with E-state index < -0.39 is 0 Å². The van der Waals surface area contributed by atoms with Gasteiger partial charge in [-0.25, -0.2) is 9.97 Å². The van der Waals surface area contributed by atoms with Crippen LogP contribution in [0.3, 0.4) is 0 Å².